The number of benzene rings is 2. The van der Waals surface area contributed by atoms with E-state index in [1.807, 2.05) is 0 Å². The minimum Gasteiger partial charge on any atom is -0.487 e. The van der Waals surface area contributed by atoms with Gasteiger partial charge in [-0.1, -0.05) is 23.4 Å². The summed E-state index contributed by atoms with van der Waals surface area (Å²) >= 11 is 5.94. The first-order chi connectivity index (χ1) is 10.1. The van der Waals surface area contributed by atoms with Crippen molar-refractivity contribution in [3.05, 3.63) is 64.2 Å². The lowest BCUT2D eigenvalue weighted by atomic mass is 10.2. The SMILES string of the molecule is OCC#Cc1ccc(F)cc1OCc1cc(F)ccc1Cl. The van der Waals surface area contributed by atoms with Crippen LogP contribution in [0.2, 0.25) is 5.02 Å². The number of aliphatic hydroxyl groups is 1. The molecule has 0 spiro atoms. The van der Waals surface area contributed by atoms with Crippen molar-refractivity contribution in [2.75, 3.05) is 6.61 Å². The zero-order valence-corrected chi connectivity index (χ0v) is 11.6. The summed E-state index contributed by atoms with van der Waals surface area (Å²) in [7, 11) is 0. The van der Waals surface area contributed by atoms with Crippen LogP contribution in [0.15, 0.2) is 36.4 Å². The van der Waals surface area contributed by atoms with E-state index in [4.69, 9.17) is 21.4 Å². The fourth-order valence-electron chi connectivity index (χ4n) is 1.66. The van der Waals surface area contributed by atoms with Crippen molar-refractivity contribution in [2.24, 2.45) is 0 Å². The van der Waals surface area contributed by atoms with Gasteiger partial charge < -0.3 is 9.84 Å². The van der Waals surface area contributed by atoms with Crippen LogP contribution in [0.3, 0.4) is 0 Å². The van der Waals surface area contributed by atoms with E-state index >= 15 is 0 Å². The zero-order chi connectivity index (χ0) is 15.2. The molecule has 108 valence electrons. The van der Waals surface area contributed by atoms with Crippen LogP contribution >= 0.6 is 11.6 Å². The van der Waals surface area contributed by atoms with Crippen LogP contribution in [0.5, 0.6) is 5.75 Å². The molecular weight excluding hydrogens is 298 g/mol. The van der Waals surface area contributed by atoms with E-state index in [0.717, 1.165) is 0 Å². The van der Waals surface area contributed by atoms with Crippen molar-refractivity contribution in [3.63, 3.8) is 0 Å². The largest absolute Gasteiger partial charge is 0.487 e. The molecule has 0 heterocycles. The molecule has 0 saturated carbocycles. The first-order valence-corrected chi connectivity index (χ1v) is 6.44. The van der Waals surface area contributed by atoms with Crippen molar-refractivity contribution in [1.29, 1.82) is 0 Å². The first-order valence-electron chi connectivity index (χ1n) is 6.06. The van der Waals surface area contributed by atoms with Crippen LogP contribution < -0.4 is 4.74 Å². The van der Waals surface area contributed by atoms with Gasteiger partial charge in [0.15, 0.2) is 0 Å². The van der Waals surface area contributed by atoms with Crippen molar-refractivity contribution >= 4 is 11.6 Å². The van der Waals surface area contributed by atoms with Crippen LogP contribution in [0.4, 0.5) is 8.78 Å². The van der Waals surface area contributed by atoms with Gasteiger partial charge in [-0.2, -0.15) is 0 Å². The molecule has 0 unspecified atom stereocenters. The number of hydrogen-bond acceptors (Lipinski definition) is 2. The van der Waals surface area contributed by atoms with Crippen LogP contribution in [-0.2, 0) is 6.61 Å². The van der Waals surface area contributed by atoms with Gasteiger partial charge in [0, 0.05) is 16.7 Å². The molecule has 0 aliphatic heterocycles. The number of ether oxygens (including phenoxy) is 1. The molecule has 0 saturated heterocycles. The smallest absolute Gasteiger partial charge is 0.138 e. The summed E-state index contributed by atoms with van der Waals surface area (Å²) in [5, 5.41) is 9.06. The van der Waals surface area contributed by atoms with Gasteiger partial charge in [-0.05, 0) is 30.3 Å². The van der Waals surface area contributed by atoms with Crippen molar-refractivity contribution in [2.45, 2.75) is 6.61 Å². The third-order valence-corrected chi connectivity index (χ3v) is 3.01. The molecule has 0 aromatic heterocycles. The van der Waals surface area contributed by atoms with Gasteiger partial charge >= 0.3 is 0 Å². The summed E-state index contributed by atoms with van der Waals surface area (Å²) in [6, 6.07) is 7.78. The van der Waals surface area contributed by atoms with Crippen LogP contribution in [0.25, 0.3) is 0 Å². The molecule has 2 rings (SSSR count). The van der Waals surface area contributed by atoms with Crippen molar-refractivity contribution in [3.8, 4) is 17.6 Å². The number of halogens is 3. The lowest BCUT2D eigenvalue weighted by Crippen LogP contribution is -1.99. The Morgan fingerprint density at radius 1 is 1.10 bits per heavy atom. The molecular formula is C16H11ClF2O2. The molecule has 5 heteroatoms. The maximum Gasteiger partial charge on any atom is 0.138 e. The molecule has 0 atom stereocenters. The predicted octanol–water partition coefficient (Wildman–Crippen LogP) is 3.54. The summed E-state index contributed by atoms with van der Waals surface area (Å²) in [6.45, 7) is -0.333. The maximum atomic E-state index is 13.3. The van der Waals surface area contributed by atoms with Gasteiger partial charge in [0.2, 0.25) is 0 Å². The monoisotopic (exact) mass is 308 g/mol. The highest BCUT2D eigenvalue weighted by atomic mass is 35.5. The molecule has 2 aromatic carbocycles. The number of hydrogen-bond donors (Lipinski definition) is 1. The zero-order valence-electron chi connectivity index (χ0n) is 10.9. The standard InChI is InChI=1S/C16H11ClF2O2/c17-15-6-5-13(18)8-12(15)10-21-16-9-14(19)4-3-11(16)2-1-7-20/h3-6,8-9,20H,7,10H2. The van der Waals surface area contributed by atoms with Gasteiger partial charge in [0.1, 0.15) is 30.6 Å². The highest BCUT2D eigenvalue weighted by Crippen LogP contribution is 2.23. The lowest BCUT2D eigenvalue weighted by Gasteiger charge is -2.10. The molecule has 21 heavy (non-hydrogen) atoms. The van der Waals surface area contributed by atoms with Gasteiger partial charge in [-0.25, -0.2) is 8.78 Å². The molecule has 0 bridgehead atoms. The van der Waals surface area contributed by atoms with Crippen molar-refractivity contribution in [1.82, 2.24) is 0 Å². The van der Waals surface area contributed by atoms with E-state index < -0.39 is 11.6 Å². The van der Waals surface area contributed by atoms with E-state index in [0.29, 0.717) is 16.1 Å². The first kappa shape index (κ1) is 15.3. The quantitative estimate of drug-likeness (QED) is 0.879. The highest BCUT2D eigenvalue weighted by Gasteiger charge is 2.07. The van der Waals surface area contributed by atoms with Crippen LogP contribution in [-0.4, -0.2) is 11.7 Å². The molecule has 0 aliphatic rings. The summed E-state index contributed by atoms with van der Waals surface area (Å²) in [5.74, 6) is 4.40. The average molecular weight is 309 g/mol. The number of aliphatic hydroxyl groups excluding tert-OH is 1. The third kappa shape index (κ3) is 4.19. The molecule has 2 nitrogen and oxygen atoms in total. The summed E-state index contributed by atoms with van der Waals surface area (Å²) in [5.41, 5.74) is 0.875. The topological polar surface area (TPSA) is 29.5 Å². The van der Waals surface area contributed by atoms with E-state index in [1.165, 1.54) is 36.4 Å². The average Bonchev–Trinajstić information content (AvgIpc) is 2.47. The second kappa shape index (κ2) is 7.07. The lowest BCUT2D eigenvalue weighted by molar-refractivity contribution is 0.303. The van der Waals surface area contributed by atoms with E-state index in [1.54, 1.807) is 0 Å². The minimum atomic E-state index is -0.482. The van der Waals surface area contributed by atoms with Gasteiger partial charge in [-0.15, -0.1) is 0 Å². The Morgan fingerprint density at radius 3 is 2.57 bits per heavy atom. The molecule has 1 N–H and O–H groups in total. The van der Waals surface area contributed by atoms with E-state index in [-0.39, 0.29) is 19.0 Å². The fraction of sp³-hybridized carbons (Fsp3) is 0.125. The Balaban J connectivity index is 2.23. The normalized spacial score (nSPS) is 9.90. The summed E-state index contributed by atoms with van der Waals surface area (Å²) in [4.78, 5) is 0. The summed E-state index contributed by atoms with van der Waals surface area (Å²) in [6.07, 6.45) is 0. The van der Waals surface area contributed by atoms with Gasteiger partial charge in [0.25, 0.3) is 0 Å². The Labute approximate surface area is 125 Å². The van der Waals surface area contributed by atoms with Gasteiger partial charge in [-0.3, -0.25) is 0 Å². The number of rotatable bonds is 3. The minimum absolute atomic E-state index is 0.0200. The summed E-state index contributed by atoms with van der Waals surface area (Å²) < 4.78 is 31.9. The van der Waals surface area contributed by atoms with Crippen LogP contribution in [0, 0.1) is 23.5 Å². The van der Waals surface area contributed by atoms with Gasteiger partial charge in [0.05, 0.1) is 5.56 Å². The van der Waals surface area contributed by atoms with Crippen molar-refractivity contribution < 1.29 is 18.6 Å². The highest BCUT2D eigenvalue weighted by molar-refractivity contribution is 6.31. The van der Waals surface area contributed by atoms with E-state index in [2.05, 4.69) is 11.8 Å². The Bertz CT molecular complexity index is 705. The molecule has 0 amide bonds. The third-order valence-electron chi connectivity index (χ3n) is 2.64. The van der Waals surface area contributed by atoms with Crippen LogP contribution in [0.1, 0.15) is 11.1 Å². The molecule has 2 aromatic rings. The fourth-order valence-corrected chi connectivity index (χ4v) is 1.84. The Morgan fingerprint density at radius 2 is 1.81 bits per heavy atom. The molecule has 0 fully saturated rings. The molecule has 0 radical (unpaired) electrons. The second-order valence-corrected chi connectivity index (χ2v) is 4.53. The maximum absolute atomic E-state index is 13.3. The predicted molar refractivity (Wildman–Crippen MR) is 76.1 cm³/mol. The Hall–Kier alpha value is -2.09. The second-order valence-electron chi connectivity index (χ2n) is 4.12. The van der Waals surface area contributed by atoms with E-state index in [9.17, 15) is 8.78 Å². The molecule has 0 aliphatic carbocycles. The Kier molecular flexibility index (Phi) is 5.15.